The van der Waals surface area contributed by atoms with Crippen LogP contribution in [-0.4, -0.2) is 44.7 Å². The molecule has 0 spiro atoms. The molecule has 3 heterocycles. The van der Waals surface area contributed by atoms with Crippen molar-refractivity contribution < 1.29 is 9.59 Å². The predicted molar refractivity (Wildman–Crippen MR) is 75.7 cm³/mol. The molecule has 2 amide bonds. The summed E-state index contributed by atoms with van der Waals surface area (Å²) in [7, 11) is 0. The Morgan fingerprint density at radius 2 is 1.95 bits per heavy atom. The topological polar surface area (TPSA) is 92.4 Å². The van der Waals surface area contributed by atoms with Crippen molar-refractivity contribution in [2.75, 3.05) is 18.8 Å². The van der Waals surface area contributed by atoms with Gasteiger partial charge >= 0.3 is 0 Å². The van der Waals surface area contributed by atoms with E-state index in [1.165, 1.54) is 0 Å². The van der Waals surface area contributed by atoms with Gasteiger partial charge in [-0.25, -0.2) is 9.97 Å². The smallest absolute Gasteiger partial charge is 0.226 e. The number of nitrogen functional groups attached to an aromatic ring is 1. The first-order chi connectivity index (χ1) is 10.0. The highest BCUT2D eigenvalue weighted by atomic mass is 16.2. The number of rotatable bonds is 1. The summed E-state index contributed by atoms with van der Waals surface area (Å²) >= 11 is 0. The fourth-order valence-corrected chi connectivity index (χ4v) is 3.02. The maximum Gasteiger partial charge on any atom is 0.226 e. The van der Waals surface area contributed by atoms with Gasteiger partial charge in [-0.1, -0.05) is 0 Å². The Balaban J connectivity index is 1.62. The molecule has 0 bridgehead atoms. The lowest BCUT2D eigenvalue weighted by Gasteiger charge is -2.32. The van der Waals surface area contributed by atoms with Crippen LogP contribution in [0.25, 0.3) is 0 Å². The number of aromatic nitrogens is 2. The number of likely N-dealkylation sites (tertiary alicyclic amines) is 1. The summed E-state index contributed by atoms with van der Waals surface area (Å²) in [5.41, 5.74) is 7.39. The Morgan fingerprint density at radius 3 is 2.62 bits per heavy atom. The lowest BCUT2D eigenvalue weighted by molar-refractivity contribution is -0.140. The highest BCUT2D eigenvalue weighted by Crippen LogP contribution is 2.26. The van der Waals surface area contributed by atoms with Gasteiger partial charge in [0.25, 0.3) is 0 Å². The molecule has 2 aliphatic heterocycles. The number of hydrogen-bond acceptors (Lipinski definition) is 5. The van der Waals surface area contributed by atoms with Crippen molar-refractivity contribution in [1.82, 2.24) is 19.8 Å². The molecule has 1 saturated heterocycles. The van der Waals surface area contributed by atoms with Crippen LogP contribution in [0, 0.1) is 5.92 Å². The first-order valence-corrected chi connectivity index (χ1v) is 7.19. The van der Waals surface area contributed by atoms with Gasteiger partial charge in [-0.3, -0.25) is 9.59 Å². The first kappa shape index (κ1) is 13.8. The summed E-state index contributed by atoms with van der Waals surface area (Å²) in [6.45, 7) is 3.97. The highest BCUT2D eigenvalue weighted by molar-refractivity contribution is 5.80. The predicted octanol–water partition coefficient (Wildman–Crippen LogP) is 0.159. The van der Waals surface area contributed by atoms with Crippen LogP contribution in [0.2, 0.25) is 0 Å². The molecule has 1 aromatic heterocycles. The second-order valence-corrected chi connectivity index (χ2v) is 5.67. The van der Waals surface area contributed by atoms with Gasteiger partial charge in [0.05, 0.1) is 12.2 Å². The zero-order chi connectivity index (χ0) is 15.0. The Hall–Kier alpha value is -2.18. The van der Waals surface area contributed by atoms with Crippen molar-refractivity contribution in [3.8, 4) is 0 Å². The number of carbonyl (C=O) groups excluding carboxylic acids is 2. The molecule has 2 aliphatic rings. The zero-order valence-electron chi connectivity index (χ0n) is 12.1. The van der Waals surface area contributed by atoms with E-state index in [1.807, 2.05) is 4.90 Å². The molecule has 1 aromatic rings. The molecule has 0 aliphatic carbocycles. The van der Waals surface area contributed by atoms with Crippen LogP contribution < -0.4 is 5.73 Å². The van der Waals surface area contributed by atoms with Crippen LogP contribution in [0.3, 0.4) is 0 Å². The number of nitrogens with zero attached hydrogens (tertiary/aromatic N) is 4. The van der Waals surface area contributed by atoms with E-state index in [-0.39, 0.29) is 23.7 Å². The van der Waals surface area contributed by atoms with E-state index < -0.39 is 0 Å². The number of hydrogen-bond donors (Lipinski definition) is 1. The van der Waals surface area contributed by atoms with E-state index >= 15 is 0 Å². The summed E-state index contributed by atoms with van der Waals surface area (Å²) in [6, 6.07) is 0. The Kier molecular flexibility index (Phi) is 3.48. The van der Waals surface area contributed by atoms with Gasteiger partial charge in [-0.2, -0.15) is 0 Å². The third-order valence-corrected chi connectivity index (χ3v) is 4.28. The van der Waals surface area contributed by atoms with E-state index in [1.54, 1.807) is 18.0 Å². The maximum atomic E-state index is 12.6. The molecule has 0 atom stereocenters. The molecule has 3 rings (SSSR count). The summed E-state index contributed by atoms with van der Waals surface area (Å²) in [4.78, 5) is 35.7. The molecule has 112 valence electrons. The minimum atomic E-state index is 0.000202. The number of piperidine rings is 1. The molecule has 0 aromatic carbocycles. The van der Waals surface area contributed by atoms with Gasteiger partial charge in [0.1, 0.15) is 0 Å². The van der Waals surface area contributed by atoms with Gasteiger partial charge in [-0.05, 0) is 12.8 Å². The average molecular weight is 289 g/mol. The molecule has 2 N–H and O–H groups in total. The van der Waals surface area contributed by atoms with Crippen LogP contribution in [-0.2, 0) is 22.7 Å². The Labute approximate surface area is 123 Å². The van der Waals surface area contributed by atoms with Crippen molar-refractivity contribution >= 4 is 17.8 Å². The zero-order valence-corrected chi connectivity index (χ0v) is 12.1. The average Bonchev–Trinajstić information content (AvgIpc) is 2.89. The summed E-state index contributed by atoms with van der Waals surface area (Å²) in [5.74, 6) is 0.480. The molecular formula is C14H19N5O2. The summed E-state index contributed by atoms with van der Waals surface area (Å²) < 4.78 is 0. The standard InChI is InChI=1S/C14H19N5O2/c1-9(20)18-4-2-10(3-5-18)13(21)19-7-11-6-16-14(15)17-12(11)8-19/h6,10H,2-5,7-8H2,1H3,(H2,15,16,17). The highest BCUT2D eigenvalue weighted by Gasteiger charge is 2.32. The summed E-state index contributed by atoms with van der Waals surface area (Å²) in [6.07, 6.45) is 3.17. The fourth-order valence-electron chi connectivity index (χ4n) is 3.02. The minimum absolute atomic E-state index is 0.000202. The second kappa shape index (κ2) is 5.31. The minimum Gasteiger partial charge on any atom is -0.368 e. The monoisotopic (exact) mass is 289 g/mol. The molecule has 0 unspecified atom stereocenters. The lowest BCUT2D eigenvalue weighted by atomic mass is 9.95. The van der Waals surface area contributed by atoms with E-state index in [0.717, 1.165) is 24.1 Å². The van der Waals surface area contributed by atoms with E-state index in [4.69, 9.17) is 5.73 Å². The van der Waals surface area contributed by atoms with Crippen molar-refractivity contribution in [1.29, 1.82) is 0 Å². The Bertz CT molecular complexity index is 581. The maximum absolute atomic E-state index is 12.6. The SMILES string of the molecule is CC(=O)N1CCC(C(=O)N2Cc3cnc(N)nc3C2)CC1. The van der Waals surface area contributed by atoms with Crippen LogP contribution in [0.4, 0.5) is 5.95 Å². The number of nitrogens with two attached hydrogens (primary N) is 1. The van der Waals surface area contributed by atoms with Crippen molar-refractivity contribution in [3.63, 3.8) is 0 Å². The second-order valence-electron chi connectivity index (χ2n) is 5.67. The molecular weight excluding hydrogens is 270 g/mol. The van der Waals surface area contributed by atoms with Crippen LogP contribution in [0.15, 0.2) is 6.20 Å². The third kappa shape index (κ3) is 2.68. The van der Waals surface area contributed by atoms with Gasteiger partial charge in [0.15, 0.2) is 0 Å². The molecule has 1 fully saturated rings. The fraction of sp³-hybridized carbons (Fsp3) is 0.571. The van der Waals surface area contributed by atoms with Crippen LogP contribution >= 0.6 is 0 Å². The normalized spacial score (nSPS) is 18.7. The Morgan fingerprint density at radius 1 is 1.24 bits per heavy atom. The van der Waals surface area contributed by atoms with Gasteiger partial charge in [-0.15, -0.1) is 0 Å². The van der Waals surface area contributed by atoms with Crippen LogP contribution in [0.1, 0.15) is 31.0 Å². The van der Waals surface area contributed by atoms with E-state index in [2.05, 4.69) is 9.97 Å². The summed E-state index contributed by atoms with van der Waals surface area (Å²) in [5, 5.41) is 0. The van der Waals surface area contributed by atoms with Gasteiger partial charge in [0.2, 0.25) is 17.8 Å². The third-order valence-electron chi connectivity index (χ3n) is 4.28. The van der Waals surface area contributed by atoms with Crippen LogP contribution in [0.5, 0.6) is 0 Å². The molecule has 7 heteroatoms. The van der Waals surface area contributed by atoms with Gasteiger partial charge in [0, 0.05) is 44.2 Å². The number of carbonyl (C=O) groups is 2. The van der Waals surface area contributed by atoms with Crippen molar-refractivity contribution in [2.45, 2.75) is 32.9 Å². The van der Waals surface area contributed by atoms with Crippen molar-refractivity contribution in [2.24, 2.45) is 5.92 Å². The number of anilines is 1. The molecule has 0 saturated carbocycles. The van der Waals surface area contributed by atoms with E-state index in [9.17, 15) is 9.59 Å². The molecule has 21 heavy (non-hydrogen) atoms. The molecule has 0 radical (unpaired) electrons. The largest absolute Gasteiger partial charge is 0.368 e. The number of amides is 2. The number of fused-ring (bicyclic) bond motifs is 1. The van der Waals surface area contributed by atoms with Crippen molar-refractivity contribution in [3.05, 3.63) is 17.5 Å². The lowest BCUT2D eigenvalue weighted by Crippen LogP contribution is -2.42. The first-order valence-electron chi connectivity index (χ1n) is 7.19. The molecule has 7 nitrogen and oxygen atoms in total. The quantitative estimate of drug-likeness (QED) is 0.795. The van der Waals surface area contributed by atoms with Gasteiger partial charge < -0.3 is 15.5 Å². The van der Waals surface area contributed by atoms with E-state index in [0.29, 0.717) is 26.2 Å².